The summed E-state index contributed by atoms with van der Waals surface area (Å²) in [5.41, 5.74) is 8.86. The molecular weight excluding hydrogens is 190 g/mol. The SMILES string of the molecule is CCn1nc(C)c(C(C)OCCN)c1C. The van der Waals surface area contributed by atoms with Crippen LogP contribution in [-0.4, -0.2) is 22.9 Å². The number of nitrogens with zero attached hydrogens (tertiary/aromatic N) is 2. The zero-order valence-corrected chi connectivity index (χ0v) is 10.1. The van der Waals surface area contributed by atoms with Crippen molar-refractivity contribution >= 4 is 0 Å². The maximum absolute atomic E-state index is 5.62. The molecular formula is C11H21N3O. The Balaban J connectivity index is 2.87. The molecule has 0 fully saturated rings. The zero-order valence-electron chi connectivity index (χ0n) is 10.1. The normalized spacial score (nSPS) is 13.1. The molecule has 1 heterocycles. The number of hydrogen-bond acceptors (Lipinski definition) is 3. The Morgan fingerprint density at radius 1 is 1.47 bits per heavy atom. The van der Waals surface area contributed by atoms with Gasteiger partial charge in [-0.2, -0.15) is 5.10 Å². The van der Waals surface area contributed by atoms with Crippen LogP contribution in [0.4, 0.5) is 0 Å². The number of rotatable bonds is 5. The van der Waals surface area contributed by atoms with E-state index in [0.717, 1.165) is 12.2 Å². The summed E-state index contributed by atoms with van der Waals surface area (Å²) in [4.78, 5) is 0. The van der Waals surface area contributed by atoms with Crippen LogP contribution in [0.3, 0.4) is 0 Å². The van der Waals surface area contributed by atoms with Gasteiger partial charge in [0.2, 0.25) is 0 Å². The molecule has 0 saturated heterocycles. The van der Waals surface area contributed by atoms with Gasteiger partial charge in [0.25, 0.3) is 0 Å². The fourth-order valence-electron chi connectivity index (χ4n) is 1.94. The summed E-state index contributed by atoms with van der Waals surface area (Å²) in [5, 5.41) is 4.46. The van der Waals surface area contributed by atoms with Crippen molar-refractivity contribution in [2.45, 2.75) is 40.3 Å². The number of aromatic nitrogens is 2. The Morgan fingerprint density at radius 2 is 2.13 bits per heavy atom. The second-order valence-electron chi connectivity index (χ2n) is 3.70. The highest BCUT2D eigenvalue weighted by atomic mass is 16.5. The number of hydrogen-bond donors (Lipinski definition) is 1. The van der Waals surface area contributed by atoms with Gasteiger partial charge in [-0.05, 0) is 27.7 Å². The number of ether oxygens (including phenoxy) is 1. The van der Waals surface area contributed by atoms with Crippen molar-refractivity contribution in [1.29, 1.82) is 0 Å². The molecule has 0 amide bonds. The van der Waals surface area contributed by atoms with Crippen LogP contribution in [0.5, 0.6) is 0 Å². The van der Waals surface area contributed by atoms with Gasteiger partial charge in [-0.1, -0.05) is 0 Å². The monoisotopic (exact) mass is 211 g/mol. The van der Waals surface area contributed by atoms with Gasteiger partial charge in [-0.3, -0.25) is 4.68 Å². The molecule has 15 heavy (non-hydrogen) atoms. The van der Waals surface area contributed by atoms with Crippen molar-refractivity contribution in [1.82, 2.24) is 9.78 Å². The van der Waals surface area contributed by atoms with Crippen LogP contribution < -0.4 is 5.73 Å². The Hall–Kier alpha value is -0.870. The second-order valence-corrected chi connectivity index (χ2v) is 3.70. The van der Waals surface area contributed by atoms with E-state index >= 15 is 0 Å². The van der Waals surface area contributed by atoms with Gasteiger partial charge in [-0.15, -0.1) is 0 Å². The van der Waals surface area contributed by atoms with Crippen molar-refractivity contribution in [2.75, 3.05) is 13.2 Å². The van der Waals surface area contributed by atoms with Gasteiger partial charge in [0.15, 0.2) is 0 Å². The summed E-state index contributed by atoms with van der Waals surface area (Å²) in [6, 6.07) is 0. The quantitative estimate of drug-likeness (QED) is 0.804. The minimum atomic E-state index is 0.0776. The zero-order chi connectivity index (χ0) is 11.4. The molecule has 4 heteroatoms. The summed E-state index contributed by atoms with van der Waals surface area (Å²) in [6.45, 7) is 10.3. The van der Waals surface area contributed by atoms with Gasteiger partial charge in [0, 0.05) is 24.3 Å². The maximum Gasteiger partial charge on any atom is 0.0833 e. The van der Waals surface area contributed by atoms with Gasteiger partial charge < -0.3 is 10.5 Å². The average Bonchev–Trinajstić information content (AvgIpc) is 2.50. The molecule has 2 N–H and O–H groups in total. The van der Waals surface area contributed by atoms with Crippen LogP contribution in [0, 0.1) is 13.8 Å². The van der Waals surface area contributed by atoms with Crippen molar-refractivity contribution < 1.29 is 4.74 Å². The average molecular weight is 211 g/mol. The van der Waals surface area contributed by atoms with Crippen molar-refractivity contribution in [3.05, 3.63) is 17.0 Å². The molecule has 86 valence electrons. The van der Waals surface area contributed by atoms with Crippen molar-refractivity contribution in [2.24, 2.45) is 5.73 Å². The van der Waals surface area contributed by atoms with Crippen molar-refractivity contribution in [3.63, 3.8) is 0 Å². The van der Waals surface area contributed by atoms with Crippen LogP contribution in [0.25, 0.3) is 0 Å². The van der Waals surface area contributed by atoms with E-state index in [9.17, 15) is 0 Å². The molecule has 1 aromatic rings. The van der Waals surface area contributed by atoms with Crippen LogP contribution in [0.1, 0.15) is 36.9 Å². The molecule has 0 radical (unpaired) electrons. The van der Waals surface area contributed by atoms with Gasteiger partial charge in [0.05, 0.1) is 18.4 Å². The van der Waals surface area contributed by atoms with E-state index in [1.165, 1.54) is 11.3 Å². The standard InChI is InChI=1S/C11H21N3O/c1-5-14-9(3)11(8(2)13-14)10(4)15-7-6-12/h10H,5-7,12H2,1-4H3. The lowest BCUT2D eigenvalue weighted by molar-refractivity contribution is 0.0709. The lowest BCUT2D eigenvalue weighted by Gasteiger charge is -2.13. The largest absolute Gasteiger partial charge is 0.372 e. The van der Waals surface area contributed by atoms with E-state index in [1.54, 1.807) is 0 Å². The van der Waals surface area contributed by atoms with E-state index in [2.05, 4.69) is 18.9 Å². The molecule has 1 rings (SSSR count). The highest BCUT2D eigenvalue weighted by Crippen LogP contribution is 2.23. The van der Waals surface area contributed by atoms with E-state index in [-0.39, 0.29) is 6.10 Å². The Kier molecular flexibility index (Phi) is 4.29. The van der Waals surface area contributed by atoms with E-state index in [4.69, 9.17) is 10.5 Å². The number of aryl methyl sites for hydroxylation is 2. The molecule has 0 spiro atoms. The Morgan fingerprint density at radius 3 is 2.60 bits per heavy atom. The minimum absolute atomic E-state index is 0.0776. The molecule has 0 aromatic carbocycles. The molecule has 1 atom stereocenters. The summed E-state index contributed by atoms with van der Waals surface area (Å²) >= 11 is 0. The third-order valence-corrected chi connectivity index (χ3v) is 2.63. The summed E-state index contributed by atoms with van der Waals surface area (Å²) in [7, 11) is 0. The molecule has 4 nitrogen and oxygen atoms in total. The van der Waals surface area contributed by atoms with Crippen LogP contribution >= 0.6 is 0 Å². The minimum Gasteiger partial charge on any atom is -0.372 e. The van der Waals surface area contributed by atoms with E-state index in [1.807, 2.05) is 18.5 Å². The van der Waals surface area contributed by atoms with E-state index in [0.29, 0.717) is 13.2 Å². The molecule has 1 aromatic heterocycles. The number of nitrogens with two attached hydrogens (primary N) is 1. The smallest absolute Gasteiger partial charge is 0.0833 e. The summed E-state index contributed by atoms with van der Waals surface area (Å²) in [6.07, 6.45) is 0.0776. The molecule has 1 unspecified atom stereocenters. The highest BCUT2D eigenvalue weighted by molar-refractivity contribution is 5.26. The highest BCUT2D eigenvalue weighted by Gasteiger charge is 2.16. The Bertz CT molecular complexity index is 320. The first-order valence-electron chi connectivity index (χ1n) is 5.47. The predicted molar refractivity (Wildman–Crippen MR) is 60.8 cm³/mol. The fraction of sp³-hybridized carbons (Fsp3) is 0.727. The van der Waals surface area contributed by atoms with Crippen LogP contribution in [0.15, 0.2) is 0 Å². The molecule has 0 aliphatic heterocycles. The lowest BCUT2D eigenvalue weighted by Crippen LogP contribution is -2.12. The first kappa shape index (κ1) is 12.2. The second kappa shape index (κ2) is 5.28. The topological polar surface area (TPSA) is 53.1 Å². The van der Waals surface area contributed by atoms with Crippen LogP contribution in [-0.2, 0) is 11.3 Å². The maximum atomic E-state index is 5.62. The first-order valence-corrected chi connectivity index (χ1v) is 5.47. The predicted octanol–water partition coefficient (Wildman–Crippen LogP) is 1.56. The third-order valence-electron chi connectivity index (χ3n) is 2.63. The Labute approximate surface area is 91.4 Å². The van der Waals surface area contributed by atoms with Crippen LogP contribution in [0.2, 0.25) is 0 Å². The molecule has 0 aliphatic carbocycles. The van der Waals surface area contributed by atoms with Gasteiger partial charge >= 0.3 is 0 Å². The summed E-state index contributed by atoms with van der Waals surface area (Å²) in [5.74, 6) is 0. The lowest BCUT2D eigenvalue weighted by atomic mass is 10.1. The molecule has 0 bridgehead atoms. The third kappa shape index (κ3) is 2.58. The van der Waals surface area contributed by atoms with Crippen molar-refractivity contribution in [3.8, 4) is 0 Å². The first-order chi connectivity index (χ1) is 7.11. The molecule has 0 aliphatic rings. The van der Waals surface area contributed by atoms with Gasteiger partial charge in [0.1, 0.15) is 0 Å². The molecule has 0 saturated carbocycles. The van der Waals surface area contributed by atoms with Gasteiger partial charge in [-0.25, -0.2) is 0 Å². The summed E-state index contributed by atoms with van der Waals surface area (Å²) < 4.78 is 7.63. The fourth-order valence-corrected chi connectivity index (χ4v) is 1.94. The van der Waals surface area contributed by atoms with E-state index < -0.39 is 0 Å².